The van der Waals surface area contributed by atoms with Gasteiger partial charge in [-0.2, -0.15) is 0 Å². The van der Waals surface area contributed by atoms with Crippen molar-refractivity contribution in [1.29, 1.82) is 0 Å². The second kappa shape index (κ2) is 4.68. The number of hydrogen-bond acceptors (Lipinski definition) is 4. The van der Waals surface area contributed by atoms with Crippen molar-refractivity contribution in [2.24, 2.45) is 0 Å². The van der Waals surface area contributed by atoms with E-state index in [1.54, 1.807) is 12.1 Å². The fourth-order valence-electron chi connectivity index (χ4n) is 2.24. The Kier molecular flexibility index (Phi) is 3.23. The third kappa shape index (κ3) is 1.92. The monoisotopic (exact) mass is 248 g/mol. The van der Waals surface area contributed by atoms with Crippen LogP contribution in [0.2, 0.25) is 0 Å². The summed E-state index contributed by atoms with van der Waals surface area (Å²) in [5.41, 5.74) is 7.70. The first kappa shape index (κ1) is 12.4. The van der Waals surface area contributed by atoms with Crippen LogP contribution < -0.4 is 5.73 Å². The van der Waals surface area contributed by atoms with E-state index in [1.165, 1.54) is 12.0 Å². The van der Waals surface area contributed by atoms with Crippen molar-refractivity contribution in [3.63, 3.8) is 0 Å². The number of carbonyl (C=O) groups is 2. The molecule has 18 heavy (non-hydrogen) atoms. The van der Waals surface area contributed by atoms with Crippen molar-refractivity contribution in [1.82, 2.24) is 4.90 Å². The Hall–Kier alpha value is -2.04. The maximum absolute atomic E-state index is 12.2. The molecule has 2 rings (SSSR count). The minimum atomic E-state index is -0.531. The fraction of sp³-hybridized carbons (Fsp3) is 0.385. The molecule has 0 aliphatic carbocycles. The molecule has 0 radical (unpaired) electrons. The summed E-state index contributed by atoms with van der Waals surface area (Å²) in [6, 6.07) is 4.71. The van der Waals surface area contributed by atoms with Crippen molar-refractivity contribution in [2.45, 2.75) is 25.9 Å². The number of benzene rings is 1. The number of methoxy groups -OCH3 is 1. The van der Waals surface area contributed by atoms with E-state index in [-0.39, 0.29) is 11.9 Å². The number of ether oxygens (including phenoxy) is 1. The normalized spacial score (nSPS) is 15.4. The molecule has 0 spiro atoms. The van der Waals surface area contributed by atoms with Crippen LogP contribution in [0.5, 0.6) is 0 Å². The number of fused-ring (bicyclic) bond motifs is 1. The molecule has 0 fully saturated rings. The highest BCUT2D eigenvalue weighted by Gasteiger charge is 2.35. The van der Waals surface area contributed by atoms with Crippen LogP contribution in [0.1, 0.15) is 29.3 Å². The Balaban J connectivity index is 2.30. The number of rotatable bonds is 3. The number of nitrogens with zero attached hydrogens (tertiary/aromatic N) is 1. The summed E-state index contributed by atoms with van der Waals surface area (Å²) in [4.78, 5) is 25.4. The Morgan fingerprint density at radius 3 is 2.89 bits per heavy atom. The molecule has 1 aromatic carbocycles. The van der Waals surface area contributed by atoms with Crippen molar-refractivity contribution in [3.05, 3.63) is 29.3 Å². The van der Waals surface area contributed by atoms with E-state index in [4.69, 9.17) is 10.5 Å². The zero-order valence-corrected chi connectivity index (χ0v) is 10.5. The van der Waals surface area contributed by atoms with Crippen LogP contribution in [0.3, 0.4) is 0 Å². The smallest absolute Gasteiger partial charge is 0.328 e. The van der Waals surface area contributed by atoms with Crippen LogP contribution in [0.15, 0.2) is 18.2 Å². The summed E-state index contributed by atoms with van der Waals surface area (Å²) < 4.78 is 4.73. The highest BCUT2D eigenvalue weighted by Crippen LogP contribution is 2.27. The molecule has 0 bridgehead atoms. The van der Waals surface area contributed by atoms with Gasteiger partial charge in [0, 0.05) is 17.8 Å². The predicted molar refractivity (Wildman–Crippen MR) is 66.8 cm³/mol. The Morgan fingerprint density at radius 2 is 2.28 bits per heavy atom. The molecule has 1 aromatic rings. The number of carbonyl (C=O) groups excluding carboxylic acids is 2. The molecule has 96 valence electrons. The van der Waals surface area contributed by atoms with Gasteiger partial charge in [0.05, 0.1) is 7.11 Å². The Bertz CT molecular complexity index is 499. The number of esters is 1. The molecule has 1 unspecified atom stereocenters. The van der Waals surface area contributed by atoms with E-state index < -0.39 is 6.04 Å². The Labute approximate surface area is 106 Å². The second-order valence-corrected chi connectivity index (χ2v) is 4.30. The number of nitrogen functional groups attached to an aromatic ring is 1. The van der Waals surface area contributed by atoms with E-state index in [9.17, 15) is 9.59 Å². The second-order valence-electron chi connectivity index (χ2n) is 4.30. The molecule has 1 atom stereocenters. The van der Waals surface area contributed by atoms with Crippen LogP contribution in [-0.2, 0) is 16.1 Å². The molecule has 0 aromatic heterocycles. The van der Waals surface area contributed by atoms with Gasteiger partial charge in [0.15, 0.2) is 0 Å². The summed E-state index contributed by atoms with van der Waals surface area (Å²) in [5, 5.41) is 0. The summed E-state index contributed by atoms with van der Waals surface area (Å²) in [6.45, 7) is 2.29. The van der Waals surface area contributed by atoms with Gasteiger partial charge in [-0.15, -0.1) is 0 Å². The molecule has 0 saturated heterocycles. The van der Waals surface area contributed by atoms with Gasteiger partial charge < -0.3 is 15.4 Å². The average Bonchev–Trinajstić information content (AvgIpc) is 2.68. The molecule has 1 amide bonds. The number of anilines is 1. The lowest BCUT2D eigenvalue weighted by Crippen LogP contribution is -2.41. The highest BCUT2D eigenvalue weighted by atomic mass is 16.5. The van der Waals surface area contributed by atoms with Crippen LogP contribution in [0, 0.1) is 0 Å². The van der Waals surface area contributed by atoms with E-state index in [0.29, 0.717) is 24.2 Å². The third-order valence-electron chi connectivity index (χ3n) is 3.20. The van der Waals surface area contributed by atoms with E-state index >= 15 is 0 Å². The summed E-state index contributed by atoms with van der Waals surface area (Å²) >= 11 is 0. The average molecular weight is 248 g/mol. The molecule has 2 N–H and O–H groups in total. The first-order chi connectivity index (χ1) is 8.58. The molecule has 1 heterocycles. The van der Waals surface area contributed by atoms with Crippen LogP contribution in [0.25, 0.3) is 0 Å². The van der Waals surface area contributed by atoms with Crippen molar-refractivity contribution < 1.29 is 14.3 Å². The maximum Gasteiger partial charge on any atom is 0.328 e. The van der Waals surface area contributed by atoms with Gasteiger partial charge in [-0.05, 0) is 24.1 Å². The van der Waals surface area contributed by atoms with E-state index in [0.717, 1.165) is 5.56 Å². The van der Waals surface area contributed by atoms with Gasteiger partial charge in [-0.3, -0.25) is 4.79 Å². The van der Waals surface area contributed by atoms with Gasteiger partial charge in [-0.1, -0.05) is 13.0 Å². The lowest BCUT2D eigenvalue weighted by atomic mass is 10.1. The minimum absolute atomic E-state index is 0.158. The Morgan fingerprint density at radius 1 is 1.56 bits per heavy atom. The lowest BCUT2D eigenvalue weighted by Gasteiger charge is -2.24. The van der Waals surface area contributed by atoms with Crippen LogP contribution in [-0.4, -0.2) is 29.9 Å². The standard InChI is InChI=1S/C13H16N2O3/c1-3-11(13(17)18-2)15-7-8-4-5-9(14)6-10(8)12(15)16/h4-6,11H,3,7,14H2,1-2H3. The minimum Gasteiger partial charge on any atom is -0.467 e. The van der Waals surface area contributed by atoms with Gasteiger partial charge in [0.2, 0.25) is 0 Å². The molecular formula is C13H16N2O3. The summed E-state index contributed by atoms with van der Waals surface area (Å²) in [6.07, 6.45) is 0.530. The maximum atomic E-state index is 12.2. The first-order valence-corrected chi connectivity index (χ1v) is 5.85. The molecule has 1 aliphatic heterocycles. The highest BCUT2D eigenvalue weighted by molar-refractivity contribution is 6.01. The summed E-state index contributed by atoms with van der Waals surface area (Å²) in [5.74, 6) is -0.541. The molecule has 1 aliphatic rings. The zero-order chi connectivity index (χ0) is 13.3. The van der Waals surface area contributed by atoms with Gasteiger partial charge in [0.1, 0.15) is 6.04 Å². The van der Waals surface area contributed by atoms with Crippen LogP contribution >= 0.6 is 0 Å². The van der Waals surface area contributed by atoms with Crippen molar-refractivity contribution in [2.75, 3.05) is 12.8 Å². The third-order valence-corrected chi connectivity index (χ3v) is 3.20. The van der Waals surface area contributed by atoms with Crippen LogP contribution in [0.4, 0.5) is 5.69 Å². The molecule has 5 nitrogen and oxygen atoms in total. The van der Waals surface area contributed by atoms with Crippen molar-refractivity contribution >= 4 is 17.6 Å². The molecular weight excluding hydrogens is 232 g/mol. The molecule has 5 heteroatoms. The first-order valence-electron chi connectivity index (χ1n) is 5.85. The van der Waals surface area contributed by atoms with Gasteiger partial charge in [-0.25, -0.2) is 4.79 Å². The zero-order valence-electron chi connectivity index (χ0n) is 10.5. The SMILES string of the molecule is CCC(C(=O)OC)N1Cc2ccc(N)cc2C1=O. The predicted octanol–water partition coefficient (Wildman–Crippen LogP) is 1.18. The lowest BCUT2D eigenvalue weighted by molar-refractivity contribution is -0.146. The van der Waals surface area contributed by atoms with E-state index in [2.05, 4.69) is 0 Å². The van der Waals surface area contributed by atoms with Gasteiger partial charge in [0.25, 0.3) is 5.91 Å². The number of hydrogen-bond donors (Lipinski definition) is 1. The largest absolute Gasteiger partial charge is 0.467 e. The van der Waals surface area contributed by atoms with Gasteiger partial charge >= 0.3 is 5.97 Å². The van der Waals surface area contributed by atoms with E-state index in [1.807, 2.05) is 13.0 Å². The number of amides is 1. The molecule has 0 saturated carbocycles. The van der Waals surface area contributed by atoms with Crippen molar-refractivity contribution in [3.8, 4) is 0 Å². The summed E-state index contributed by atoms with van der Waals surface area (Å²) in [7, 11) is 1.33. The number of nitrogens with two attached hydrogens (primary N) is 1. The fourth-order valence-corrected chi connectivity index (χ4v) is 2.24. The topological polar surface area (TPSA) is 72.6 Å². The quantitative estimate of drug-likeness (QED) is 0.644.